The molecular formula is C16H17BrClFN2. The van der Waals surface area contributed by atoms with Crippen LogP contribution in [-0.4, -0.2) is 13.1 Å². The van der Waals surface area contributed by atoms with E-state index in [2.05, 4.69) is 15.9 Å². The summed E-state index contributed by atoms with van der Waals surface area (Å²) in [5.74, 6) is -0.247. The molecule has 0 aromatic heterocycles. The van der Waals surface area contributed by atoms with Gasteiger partial charge in [-0.2, -0.15) is 0 Å². The Morgan fingerprint density at radius 1 is 1.29 bits per heavy atom. The van der Waals surface area contributed by atoms with Gasteiger partial charge < -0.3 is 10.6 Å². The molecule has 0 aliphatic rings. The summed E-state index contributed by atoms with van der Waals surface area (Å²) in [5.41, 5.74) is 7.50. The molecule has 1 atom stereocenters. The van der Waals surface area contributed by atoms with Gasteiger partial charge in [0.2, 0.25) is 0 Å². The summed E-state index contributed by atoms with van der Waals surface area (Å²) in [7, 11) is 0. The van der Waals surface area contributed by atoms with Crippen molar-refractivity contribution in [2.45, 2.75) is 13.0 Å². The Morgan fingerprint density at radius 3 is 2.57 bits per heavy atom. The van der Waals surface area contributed by atoms with Crippen LogP contribution in [0.2, 0.25) is 5.02 Å². The molecule has 0 spiro atoms. The van der Waals surface area contributed by atoms with E-state index in [1.165, 1.54) is 6.07 Å². The largest absolute Gasteiger partial charge is 0.361 e. The third-order valence-electron chi connectivity index (χ3n) is 3.42. The second-order valence-corrected chi connectivity index (χ2v) is 5.95. The van der Waals surface area contributed by atoms with Crippen molar-refractivity contribution in [1.29, 1.82) is 0 Å². The number of para-hydroxylation sites is 1. The molecule has 2 N–H and O–H groups in total. The molecule has 5 heteroatoms. The maximum atomic E-state index is 14.1. The first kappa shape index (κ1) is 16.3. The van der Waals surface area contributed by atoms with Crippen molar-refractivity contribution in [1.82, 2.24) is 0 Å². The highest BCUT2D eigenvalue weighted by molar-refractivity contribution is 9.10. The van der Waals surface area contributed by atoms with E-state index in [9.17, 15) is 4.39 Å². The fourth-order valence-electron chi connectivity index (χ4n) is 2.44. The Hall–Kier alpha value is -1.10. The smallest absolute Gasteiger partial charge is 0.146 e. The molecule has 112 valence electrons. The lowest BCUT2D eigenvalue weighted by molar-refractivity contribution is 0.587. The number of rotatable bonds is 5. The van der Waals surface area contributed by atoms with Crippen molar-refractivity contribution >= 4 is 33.2 Å². The second kappa shape index (κ2) is 7.25. The van der Waals surface area contributed by atoms with E-state index >= 15 is 0 Å². The minimum absolute atomic E-state index is 0.126. The lowest BCUT2D eigenvalue weighted by Gasteiger charge is -2.33. The predicted octanol–water partition coefficient (Wildman–Crippen LogP) is 4.77. The van der Waals surface area contributed by atoms with Crippen molar-refractivity contribution in [3.63, 3.8) is 0 Å². The summed E-state index contributed by atoms with van der Waals surface area (Å²) in [6.07, 6.45) is 0. The fraction of sp³-hybridized carbons (Fsp3) is 0.250. The maximum absolute atomic E-state index is 14.1. The zero-order valence-corrected chi connectivity index (χ0v) is 14.0. The highest BCUT2D eigenvalue weighted by atomic mass is 79.9. The number of anilines is 1. The number of benzene rings is 2. The van der Waals surface area contributed by atoms with E-state index < -0.39 is 0 Å². The molecule has 0 heterocycles. The summed E-state index contributed by atoms with van der Waals surface area (Å²) in [5, 5.41) is 0.648. The number of nitrogens with zero attached hydrogens (tertiary/aromatic N) is 1. The van der Waals surface area contributed by atoms with E-state index in [-0.39, 0.29) is 11.9 Å². The first-order chi connectivity index (χ1) is 10.1. The highest BCUT2D eigenvalue weighted by Crippen LogP contribution is 2.33. The van der Waals surface area contributed by atoms with Crippen LogP contribution < -0.4 is 10.6 Å². The van der Waals surface area contributed by atoms with Gasteiger partial charge in [-0.1, -0.05) is 45.7 Å². The number of nitrogens with two attached hydrogens (primary N) is 1. The van der Waals surface area contributed by atoms with E-state index in [0.29, 0.717) is 23.8 Å². The molecule has 0 saturated heterocycles. The topological polar surface area (TPSA) is 29.3 Å². The Morgan fingerprint density at radius 2 is 2.00 bits per heavy atom. The van der Waals surface area contributed by atoms with Crippen molar-refractivity contribution in [3.05, 3.63) is 63.3 Å². The number of hydrogen-bond acceptors (Lipinski definition) is 2. The molecule has 2 rings (SSSR count). The van der Waals surface area contributed by atoms with E-state index in [0.717, 1.165) is 10.0 Å². The third kappa shape index (κ3) is 3.57. The molecular weight excluding hydrogens is 355 g/mol. The predicted molar refractivity (Wildman–Crippen MR) is 90.4 cm³/mol. The van der Waals surface area contributed by atoms with E-state index in [1.807, 2.05) is 36.1 Å². The second-order valence-electron chi connectivity index (χ2n) is 4.65. The summed E-state index contributed by atoms with van der Waals surface area (Å²) in [6, 6.07) is 12.2. The van der Waals surface area contributed by atoms with Gasteiger partial charge in [0.25, 0.3) is 0 Å². The average Bonchev–Trinajstić information content (AvgIpc) is 2.47. The highest BCUT2D eigenvalue weighted by Gasteiger charge is 2.22. The molecule has 0 aliphatic carbocycles. The molecule has 0 fully saturated rings. The monoisotopic (exact) mass is 370 g/mol. The van der Waals surface area contributed by atoms with Crippen molar-refractivity contribution < 1.29 is 4.39 Å². The summed E-state index contributed by atoms with van der Waals surface area (Å²) < 4.78 is 15.0. The Bertz CT molecular complexity index is 621. The van der Waals surface area contributed by atoms with Crippen molar-refractivity contribution in [3.8, 4) is 0 Å². The lowest BCUT2D eigenvalue weighted by Crippen LogP contribution is -2.34. The average molecular weight is 372 g/mol. The normalized spacial score (nSPS) is 12.2. The fourth-order valence-corrected chi connectivity index (χ4v) is 3.38. The van der Waals surface area contributed by atoms with Gasteiger partial charge in [0, 0.05) is 22.6 Å². The molecule has 21 heavy (non-hydrogen) atoms. The van der Waals surface area contributed by atoms with Crippen LogP contribution >= 0.6 is 27.5 Å². The molecule has 0 radical (unpaired) electrons. The van der Waals surface area contributed by atoms with Gasteiger partial charge in [0.1, 0.15) is 5.82 Å². The van der Waals surface area contributed by atoms with Gasteiger partial charge in [-0.25, -0.2) is 4.39 Å². The minimum atomic E-state index is -0.247. The van der Waals surface area contributed by atoms with Gasteiger partial charge in [0.05, 0.1) is 11.7 Å². The maximum Gasteiger partial charge on any atom is 0.146 e. The summed E-state index contributed by atoms with van der Waals surface area (Å²) in [4.78, 5) is 1.96. The van der Waals surface area contributed by atoms with Crippen LogP contribution in [0, 0.1) is 5.82 Å². The number of likely N-dealkylation sites (N-methyl/N-ethyl adjacent to an activating group) is 1. The van der Waals surface area contributed by atoms with Crippen LogP contribution in [0.5, 0.6) is 0 Å². The molecule has 0 saturated carbocycles. The Labute approximate surface area is 137 Å². The first-order valence-corrected chi connectivity index (χ1v) is 7.91. The van der Waals surface area contributed by atoms with Crippen LogP contribution in [0.3, 0.4) is 0 Å². The quantitative estimate of drug-likeness (QED) is 0.820. The van der Waals surface area contributed by atoms with Gasteiger partial charge in [-0.15, -0.1) is 0 Å². The summed E-state index contributed by atoms with van der Waals surface area (Å²) >= 11 is 9.50. The molecule has 0 amide bonds. The van der Waals surface area contributed by atoms with Gasteiger partial charge >= 0.3 is 0 Å². The lowest BCUT2D eigenvalue weighted by atomic mass is 10.0. The van der Waals surface area contributed by atoms with Crippen LogP contribution in [0.25, 0.3) is 0 Å². The third-order valence-corrected chi connectivity index (χ3v) is 4.35. The van der Waals surface area contributed by atoms with Gasteiger partial charge in [-0.05, 0) is 36.8 Å². The SMILES string of the molecule is CCN(c1ccccc1F)C(CN)c1ccc(Cl)cc1Br. The van der Waals surface area contributed by atoms with Crippen LogP contribution in [0.1, 0.15) is 18.5 Å². The zero-order valence-electron chi connectivity index (χ0n) is 11.7. The Kier molecular flexibility index (Phi) is 5.62. The minimum Gasteiger partial charge on any atom is -0.361 e. The first-order valence-electron chi connectivity index (χ1n) is 6.74. The van der Waals surface area contributed by atoms with Gasteiger partial charge in [0.15, 0.2) is 0 Å². The molecule has 1 unspecified atom stereocenters. The number of hydrogen-bond donors (Lipinski definition) is 1. The van der Waals surface area contributed by atoms with E-state index in [4.69, 9.17) is 17.3 Å². The Balaban J connectivity index is 2.45. The van der Waals surface area contributed by atoms with Crippen LogP contribution in [0.15, 0.2) is 46.9 Å². The van der Waals surface area contributed by atoms with Gasteiger partial charge in [-0.3, -0.25) is 0 Å². The van der Waals surface area contributed by atoms with Crippen molar-refractivity contribution in [2.24, 2.45) is 5.73 Å². The molecule has 0 aliphatic heterocycles. The van der Waals surface area contributed by atoms with Crippen LogP contribution in [-0.2, 0) is 0 Å². The zero-order chi connectivity index (χ0) is 15.4. The standard InChI is InChI=1S/C16H17BrClFN2/c1-2-21(15-6-4-3-5-14(15)19)16(10-20)12-8-7-11(18)9-13(12)17/h3-9,16H,2,10,20H2,1H3. The molecule has 2 nitrogen and oxygen atoms in total. The molecule has 2 aromatic rings. The number of halogens is 3. The molecule has 2 aromatic carbocycles. The summed E-state index contributed by atoms with van der Waals surface area (Å²) in [6.45, 7) is 3.01. The van der Waals surface area contributed by atoms with E-state index in [1.54, 1.807) is 12.1 Å². The molecule has 0 bridgehead atoms. The van der Waals surface area contributed by atoms with Crippen LogP contribution in [0.4, 0.5) is 10.1 Å². The van der Waals surface area contributed by atoms with Crippen molar-refractivity contribution in [2.75, 3.05) is 18.0 Å².